The fourth-order valence-corrected chi connectivity index (χ4v) is 4.98. The molecule has 1 aliphatic rings. The number of ether oxygens (including phenoxy) is 1. The van der Waals surface area contributed by atoms with Crippen LogP contribution in [0.2, 0.25) is 0 Å². The number of aryl methyl sites for hydroxylation is 3. The van der Waals surface area contributed by atoms with E-state index < -0.39 is 5.76 Å². The monoisotopic (exact) mass is 479 g/mol. The van der Waals surface area contributed by atoms with Gasteiger partial charge in [0.25, 0.3) is 0 Å². The molecule has 8 heteroatoms. The number of benzene rings is 2. The van der Waals surface area contributed by atoms with Crippen LogP contribution in [0.5, 0.6) is 5.75 Å². The summed E-state index contributed by atoms with van der Waals surface area (Å²) < 4.78 is 13.2. The number of nitrogens with one attached hydrogen (secondary N) is 1. The Labute approximate surface area is 207 Å². The number of allylic oxidation sites excluding steroid dienone is 1. The summed E-state index contributed by atoms with van der Waals surface area (Å²) in [6, 6.07) is 16.4. The molecular formula is C28H25N5O3. The van der Waals surface area contributed by atoms with Crippen molar-refractivity contribution in [2.75, 3.05) is 0 Å². The van der Waals surface area contributed by atoms with Crippen LogP contribution in [0.4, 0.5) is 0 Å². The minimum atomic E-state index is -0.583. The van der Waals surface area contributed by atoms with Crippen molar-refractivity contribution in [1.29, 1.82) is 0 Å². The molecule has 36 heavy (non-hydrogen) atoms. The van der Waals surface area contributed by atoms with Crippen molar-refractivity contribution in [1.82, 2.24) is 24.7 Å². The minimum Gasteiger partial charge on any atom is -0.488 e. The Morgan fingerprint density at radius 2 is 1.89 bits per heavy atom. The molecule has 0 fully saturated rings. The van der Waals surface area contributed by atoms with Gasteiger partial charge in [0, 0.05) is 16.8 Å². The number of aromatic nitrogens is 5. The first-order valence-corrected chi connectivity index (χ1v) is 11.8. The van der Waals surface area contributed by atoms with Gasteiger partial charge in [-0.1, -0.05) is 41.6 Å². The molecule has 0 spiro atoms. The molecule has 0 amide bonds. The molecule has 0 bridgehead atoms. The van der Waals surface area contributed by atoms with Crippen molar-refractivity contribution >= 4 is 22.3 Å². The van der Waals surface area contributed by atoms with Crippen LogP contribution in [0.25, 0.3) is 22.3 Å². The first-order valence-electron chi connectivity index (χ1n) is 11.8. The second-order valence-corrected chi connectivity index (χ2v) is 9.22. The summed E-state index contributed by atoms with van der Waals surface area (Å²) in [5.74, 6) is 1.51. The number of hydrogen-bond acceptors (Lipinski definition) is 6. The third-order valence-corrected chi connectivity index (χ3v) is 6.71. The summed E-state index contributed by atoms with van der Waals surface area (Å²) >= 11 is 0. The Morgan fingerprint density at radius 1 is 1.06 bits per heavy atom. The van der Waals surface area contributed by atoms with Crippen LogP contribution in [0.3, 0.4) is 0 Å². The van der Waals surface area contributed by atoms with E-state index >= 15 is 0 Å². The van der Waals surface area contributed by atoms with E-state index in [4.69, 9.17) is 19.2 Å². The van der Waals surface area contributed by atoms with Crippen molar-refractivity contribution in [3.8, 4) is 5.75 Å². The zero-order chi connectivity index (χ0) is 25.0. The highest BCUT2D eigenvalue weighted by Gasteiger charge is 2.23. The largest absolute Gasteiger partial charge is 0.488 e. The highest BCUT2D eigenvalue weighted by molar-refractivity contribution is 5.99. The predicted molar refractivity (Wildman–Crippen MR) is 137 cm³/mol. The SMILES string of the molecule is CC(=C1c2ccccc2COc2cc(Cn3c(C)nc4c(C)cc(C)nc43)ccc21)c1noc(=O)[nH]1. The van der Waals surface area contributed by atoms with Gasteiger partial charge in [0.2, 0.25) is 0 Å². The lowest BCUT2D eigenvalue weighted by molar-refractivity contribution is 0.307. The van der Waals surface area contributed by atoms with E-state index in [1.54, 1.807) is 0 Å². The Bertz CT molecular complexity index is 1740. The number of pyridine rings is 1. The number of rotatable bonds is 3. The zero-order valence-electron chi connectivity index (χ0n) is 20.5. The maximum absolute atomic E-state index is 11.7. The number of hydrogen-bond donors (Lipinski definition) is 1. The summed E-state index contributed by atoms with van der Waals surface area (Å²) in [7, 11) is 0. The van der Waals surface area contributed by atoms with E-state index in [1.807, 2.05) is 32.9 Å². The number of H-pyrrole nitrogens is 1. The third kappa shape index (κ3) is 3.62. The van der Waals surface area contributed by atoms with E-state index in [-0.39, 0.29) is 0 Å². The van der Waals surface area contributed by atoms with Gasteiger partial charge in [-0.2, -0.15) is 0 Å². The van der Waals surface area contributed by atoms with Crippen LogP contribution < -0.4 is 10.5 Å². The Kier molecular flexibility index (Phi) is 5.10. The fraction of sp³-hybridized carbons (Fsp3) is 0.214. The van der Waals surface area contributed by atoms with E-state index in [0.29, 0.717) is 19.0 Å². The molecule has 0 saturated carbocycles. The van der Waals surface area contributed by atoms with Crippen molar-refractivity contribution in [2.24, 2.45) is 0 Å². The summed E-state index contributed by atoms with van der Waals surface area (Å²) in [5.41, 5.74) is 9.78. The van der Waals surface area contributed by atoms with Gasteiger partial charge in [-0.25, -0.2) is 14.8 Å². The lowest BCUT2D eigenvalue weighted by Gasteiger charge is -2.15. The molecule has 5 aromatic rings. The Hall–Kier alpha value is -4.46. The second kappa shape index (κ2) is 8.34. The van der Waals surface area contributed by atoms with E-state index in [9.17, 15) is 4.79 Å². The van der Waals surface area contributed by atoms with Gasteiger partial charge in [-0.15, -0.1) is 0 Å². The predicted octanol–water partition coefficient (Wildman–Crippen LogP) is 4.95. The van der Waals surface area contributed by atoms with Crippen LogP contribution in [0, 0.1) is 20.8 Å². The summed E-state index contributed by atoms with van der Waals surface area (Å²) in [6.07, 6.45) is 0. The van der Waals surface area contributed by atoms with Crippen LogP contribution >= 0.6 is 0 Å². The van der Waals surface area contributed by atoms with Gasteiger partial charge in [0.1, 0.15) is 23.7 Å². The molecule has 0 unspecified atom stereocenters. The number of fused-ring (bicyclic) bond motifs is 3. The Morgan fingerprint density at radius 3 is 2.69 bits per heavy atom. The minimum absolute atomic E-state index is 0.402. The van der Waals surface area contributed by atoms with Crippen LogP contribution in [0.15, 0.2) is 57.8 Å². The van der Waals surface area contributed by atoms with Crippen LogP contribution in [-0.2, 0) is 13.2 Å². The standard InChI is InChI=1S/C28H25N5O3/c1-15-11-16(2)29-27-25(15)30-18(4)33(27)13-19-9-10-22-23(12-19)35-14-20-7-5-6-8-21(20)24(22)17(3)26-31-28(34)36-32-26/h5-12H,13-14H2,1-4H3,(H,31,32,34). The van der Waals surface area contributed by atoms with Gasteiger partial charge in [-0.3, -0.25) is 9.51 Å². The molecule has 1 N–H and O–H groups in total. The third-order valence-electron chi connectivity index (χ3n) is 6.71. The molecule has 3 aromatic heterocycles. The molecule has 0 atom stereocenters. The molecule has 8 nitrogen and oxygen atoms in total. The quantitative estimate of drug-likeness (QED) is 0.393. The smallest absolute Gasteiger partial charge is 0.439 e. The highest BCUT2D eigenvalue weighted by Crippen LogP contribution is 2.41. The van der Waals surface area contributed by atoms with Crippen molar-refractivity contribution in [3.05, 3.63) is 104 Å². The number of imidazole rings is 1. The zero-order valence-corrected chi connectivity index (χ0v) is 20.5. The van der Waals surface area contributed by atoms with Crippen molar-refractivity contribution < 1.29 is 9.26 Å². The van der Waals surface area contributed by atoms with Gasteiger partial charge >= 0.3 is 5.76 Å². The summed E-state index contributed by atoms with van der Waals surface area (Å²) in [5, 5.41) is 3.93. The van der Waals surface area contributed by atoms with Crippen molar-refractivity contribution in [2.45, 2.75) is 40.8 Å². The van der Waals surface area contributed by atoms with Gasteiger partial charge in [0.05, 0.1) is 6.54 Å². The average molecular weight is 480 g/mol. The number of aromatic amines is 1. The normalized spacial score (nSPS) is 14.2. The molecular weight excluding hydrogens is 454 g/mol. The lowest BCUT2D eigenvalue weighted by atomic mass is 9.90. The first-order chi connectivity index (χ1) is 17.4. The average Bonchev–Trinajstić information content (AvgIpc) is 3.37. The molecule has 0 aliphatic carbocycles. The summed E-state index contributed by atoms with van der Waals surface area (Å²) in [6.45, 7) is 9.07. The lowest BCUT2D eigenvalue weighted by Crippen LogP contribution is -2.05. The molecule has 1 aliphatic heterocycles. The second-order valence-electron chi connectivity index (χ2n) is 9.22. The van der Waals surface area contributed by atoms with Gasteiger partial charge < -0.3 is 9.30 Å². The van der Waals surface area contributed by atoms with E-state index in [2.05, 4.69) is 58.0 Å². The number of nitrogens with zero attached hydrogens (tertiary/aromatic N) is 4. The summed E-state index contributed by atoms with van der Waals surface area (Å²) in [4.78, 5) is 23.9. The van der Waals surface area contributed by atoms with Gasteiger partial charge in [-0.05, 0) is 67.7 Å². The topological polar surface area (TPSA) is 98.8 Å². The van der Waals surface area contributed by atoms with Gasteiger partial charge in [0.15, 0.2) is 11.5 Å². The highest BCUT2D eigenvalue weighted by atomic mass is 16.5. The molecule has 0 radical (unpaired) electrons. The molecule has 6 rings (SSSR count). The maximum atomic E-state index is 11.7. The molecule has 2 aromatic carbocycles. The maximum Gasteiger partial charge on any atom is 0.439 e. The fourth-order valence-electron chi connectivity index (χ4n) is 4.98. The van der Waals surface area contributed by atoms with E-state index in [0.717, 1.165) is 67.4 Å². The molecule has 4 heterocycles. The Balaban J connectivity index is 1.48. The van der Waals surface area contributed by atoms with Crippen LogP contribution in [-0.4, -0.2) is 24.7 Å². The molecule has 0 saturated heterocycles. The van der Waals surface area contributed by atoms with Crippen molar-refractivity contribution in [3.63, 3.8) is 0 Å². The molecule has 180 valence electrons. The van der Waals surface area contributed by atoms with E-state index in [1.165, 1.54) is 0 Å². The van der Waals surface area contributed by atoms with Crippen LogP contribution in [0.1, 0.15) is 52.1 Å². The first kappa shape index (κ1) is 22.0.